The zero-order valence-corrected chi connectivity index (χ0v) is 10.7. The third kappa shape index (κ3) is 2.58. The second kappa shape index (κ2) is 5.36. The van der Waals surface area contributed by atoms with Gasteiger partial charge in [-0.25, -0.2) is 0 Å². The fourth-order valence-corrected chi connectivity index (χ4v) is 2.45. The molecule has 100 valence electrons. The molecule has 0 spiro atoms. The largest absolute Gasteiger partial charge is 0.508 e. The third-order valence-electron chi connectivity index (χ3n) is 3.38. The summed E-state index contributed by atoms with van der Waals surface area (Å²) in [7, 11) is 0. The van der Waals surface area contributed by atoms with Gasteiger partial charge in [0.2, 0.25) is 0 Å². The fourth-order valence-electron chi connectivity index (χ4n) is 2.45. The van der Waals surface area contributed by atoms with Crippen LogP contribution in [0.2, 0.25) is 0 Å². The number of morpholine rings is 1. The molecule has 4 nitrogen and oxygen atoms in total. The summed E-state index contributed by atoms with van der Waals surface area (Å²) in [6.07, 6.45) is 5.52. The first-order valence-electron chi connectivity index (χ1n) is 6.48. The highest BCUT2D eigenvalue weighted by molar-refractivity contribution is 5.35. The summed E-state index contributed by atoms with van der Waals surface area (Å²) in [6.45, 7) is 3.23. The number of ether oxygens (including phenoxy) is 2. The van der Waals surface area contributed by atoms with Crippen molar-refractivity contribution in [1.29, 1.82) is 0 Å². The predicted octanol–water partition coefficient (Wildman–Crippen LogP) is 2.19. The van der Waals surface area contributed by atoms with Crippen molar-refractivity contribution in [3.8, 4) is 5.75 Å². The summed E-state index contributed by atoms with van der Waals surface area (Å²) in [5.74, 6) is 0.261. The van der Waals surface area contributed by atoms with Crippen LogP contribution in [0.5, 0.6) is 5.75 Å². The van der Waals surface area contributed by atoms with E-state index in [0.29, 0.717) is 0 Å². The summed E-state index contributed by atoms with van der Waals surface area (Å²) in [4.78, 5) is 2.28. The van der Waals surface area contributed by atoms with Gasteiger partial charge < -0.3 is 19.5 Å². The first-order chi connectivity index (χ1) is 9.34. The second-order valence-electron chi connectivity index (χ2n) is 4.63. The van der Waals surface area contributed by atoms with Crippen molar-refractivity contribution >= 4 is 0 Å². The zero-order chi connectivity index (χ0) is 13.1. The Bertz CT molecular complexity index is 504. The normalized spacial score (nSPS) is 22.8. The average molecular weight is 259 g/mol. The summed E-state index contributed by atoms with van der Waals surface area (Å²) in [6, 6.07) is 7.22. The zero-order valence-electron chi connectivity index (χ0n) is 10.7. The third-order valence-corrected chi connectivity index (χ3v) is 3.38. The first-order valence-corrected chi connectivity index (χ1v) is 6.48. The molecule has 0 radical (unpaired) electrons. The van der Waals surface area contributed by atoms with E-state index in [4.69, 9.17) is 9.47 Å². The highest BCUT2D eigenvalue weighted by atomic mass is 16.5. The van der Waals surface area contributed by atoms with Gasteiger partial charge in [0.05, 0.1) is 25.2 Å². The Hall–Kier alpha value is -1.94. The van der Waals surface area contributed by atoms with Crippen molar-refractivity contribution in [2.45, 2.75) is 6.10 Å². The highest BCUT2D eigenvalue weighted by Crippen LogP contribution is 2.32. The van der Waals surface area contributed by atoms with Crippen LogP contribution in [-0.4, -0.2) is 36.3 Å². The van der Waals surface area contributed by atoms with E-state index in [2.05, 4.69) is 11.0 Å². The average Bonchev–Trinajstić information content (AvgIpc) is 2.48. The molecule has 0 aromatic heterocycles. The van der Waals surface area contributed by atoms with Gasteiger partial charge in [-0.15, -0.1) is 0 Å². The smallest absolute Gasteiger partial charge is 0.163 e. The van der Waals surface area contributed by atoms with Crippen LogP contribution in [0.4, 0.5) is 0 Å². The Labute approximate surface area is 112 Å². The lowest BCUT2D eigenvalue weighted by atomic mass is 10.0. The van der Waals surface area contributed by atoms with E-state index in [1.807, 2.05) is 18.2 Å². The Morgan fingerprint density at radius 2 is 2.05 bits per heavy atom. The van der Waals surface area contributed by atoms with Gasteiger partial charge in [0.25, 0.3) is 0 Å². The number of phenolic OH excluding ortho intramolecular Hbond substituents is 1. The quantitative estimate of drug-likeness (QED) is 0.884. The van der Waals surface area contributed by atoms with Crippen molar-refractivity contribution in [3.63, 3.8) is 0 Å². The minimum atomic E-state index is -0.157. The summed E-state index contributed by atoms with van der Waals surface area (Å²) >= 11 is 0. The molecule has 0 bridgehead atoms. The molecule has 0 amide bonds. The Balaban J connectivity index is 1.87. The van der Waals surface area contributed by atoms with Gasteiger partial charge in [-0.2, -0.15) is 0 Å². The maximum atomic E-state index is 9.61. The van der Waals surface area contributed by atoms with E-state index in [0.717, 1.165) is 37.6 Å². The number of rotatable bonds is 2. The number of phenols is 1. The van der Waals surface area contributed by atoms with Gasteiger partial charge in [0, 0.05) is 18.7 Å². The maximum Gasteiger partial charge on any atom is 0.163 e. The minimum absolute atomic E-state index is 0.157. The number of allylic oxidation sites excluding steroid dienone is 2. The molecule has 1 saturated heterocycles. The number of benzene rings is 1. The molecule has 2 aliphatic rings. The molecule has 3 rings (SSSR count). The molecule has 1 N–H and O–H groups in total. The molecular weight excluding hydrogens is 242 g/mol. The van der Waals surface area contributed by atoms with E-state index in [1.54, 1.807) is 18.4 Å². The van der Waals surface area contributed by atoms with Crippen molar-refractivity contribution in [3.05, 3.63) is 53.9 Å². The van der Waals surface area contributed by atoms with Gasteiger partial charge in [0.1, 0.15) is 5.75 Å². The molecule has 19 heavy (non-hydrogen) atoms. The van der Waals surface area contributed by atoms with Crippen molar-refractivity contribution in [2.75, 3.05) is 26.3 Å². The van der Waals surface area contributed by atoms with Crippen molar-refractivity contribution < 1.29 is 14.6 Å². The van der Waals surface area contributed by atoms with Crippen LogP contribution in [0.1, 0.15) is 11.7 Å². The first kappa shape index (κ1) is 12.1. The number of hydrogen-bond donors (Lipinski definition) is 1. The van der Waals surface area contributed by atoms with Gasteiger partial charge in [-0.1, -0.05) is 12.1 Å². The lowest BCUT2D eigenvalue weighted by Gasteiger charge is -2.35. The van der Waals surface area contributed by atoms with Crippen LogP contribution >= 0.6 is 0 Å². The molecular formula is C15H17NO3. The SMILES string of the molecule is Oc1cccc(C2OC=CC=C2N2CCOCC2)c1. The summed E-state index contributed by atoms with van der Waals surface area (Å²) in [5, 5.41) is 9.61. The van der Waals surface area contributed by atoms with Crippen LogP contribution in [0.15, 0.2) is 48.4 Å². The molecule has 4 heteroatoms. The maximum absolute atomic E-state index is 9.61. The van der Waals surface area contributed by atoms with Crippen LogP contribution < -0.4 is 0 Å². The van der Waals surface area contributed by atoms with Gasteiger partial charge in [-0.3, -0.25) is 0 Å². The van der Waals surface area contributed by atoms with Gasteiger partial charge in [0.15, 0.2) is 6.10 Å². The number of nitrogens with zero attached hydrogens (tertiary/aromatic N) is 1. The molecule has 1 aromatic rings. The molecule has 2 aliphatic heterocycles. The van der Waals surface area contributed by atoms with Crippen molar-refractivity contribution in [1.82, 2.24) is 4.90 Å². The fraction of sp³-hybridized carbons (Fsp3) is 0.333. The molecule has 1 atom stereocenters. The van der Waals surface area contributed by atoms with E-state index < -0.39 is 0 Å². The van der Waals surface area contributed by atoms with Crippen LogP contribution in [0.3, 0.4) is 0 Å². The Kier molecular flexibility index (Phi) is 3.42. The molecule has 0 saturated carbocycles. The molecule has 1 fully saturated rings. The second-order valence-corrected chi connectivity index (χ2v) is 4.63. The molecule has 2 heterocycles. The monoisotopic (exact) mass is 259 g/mol. The number of aromatic hydroxyl groups is 1. The Morgan fingerprint density at radius 3 is 2.84 bits per heavy atom. The Morgan fingerprint density at radius 1 is 1.21 bits per heavy atom. The number of hydrogen-bond acceptors (Lipinski definition) is 4. The summed E-state index contributed by atoms with van der Waals surface area (Å²) in [5.41, 5.74) is 2.08. The van der Waals surface area contributed by atoms with Crippen molar-refractivity contribution in [2.24, 2.45) is 0 Å². The summed E-state index contributed by atoms with van der Waals surface area (Å²) < 4.78 is 11.1. The van der Waals surface area contributed by atoms with Gasteiger partial charge in [-0.05, 0) is 24.3 Å². The standard InChI is InChI=1S/C15H17NO3/c17-13-4-1-3-12(11-13)15-14(5-2-8-19-15)16-6-9-18-10-7-16/h1-5,8,11,15,17H,6-7,9-10H2. The lowest BCUT2D eigenvalue weighted by Crippen LogP contribution is -2.38. The molecule has 1 aromatic carbocycles. The van der Waals surface area contributed by atoms with E-state index in [9.17, 15) is 5.11 Å². The lowest BCUT2D eigenvalue weighted by molar-refractivity contribution is 0.0351. The minimum Gasteiger partial charge on any atom is -0.508 e. The van der Waals surface area contributed by atoms with Crippen LogP contribution in [0.25, 0.3) is 0 Å². The molecule has 0 aliphatic carbocycles. The molecule has 1 unspecified atom stereocenters. The van der Waals surface area contributed by atoms with E-state index >= 15 is 0 Å². The van der Waals surface area contributed by atoms with Crippen LogP contribution in [-0.2, 0) is 9.47 Å². The topological polar surface area (TPSA) is 41.9 Å². The van der Waals surface area contributed by atoms with Gasteiger partial charge >= 0.3 is 0 Å². The van der Waals surface area contributed by atoms with E-state index in [1.165, 1.54) is 0 Å². The highest BCUT2D eigenvalue weighted by Gasteiger charge is 2.25. The van der Waals surface area contributed by atoms with E-state index in [-0.39, 0.29) is 11.9 Å². The van der Waals surface area contributed by atoms with Crippen LogP contribution in [0, 0.1) is 0 Å². The predicted molar refractivity (Wildman–Crippen MR) is 71.5 cm³/mol.